The SMILES string of the molecule is N#Cc1ccccc1OCC(=O)N1CC[NH+](Cc2cccc(Cl)c2)CC1. The van der Waals surface area contributed by atoms with E-state index in [0.717, 1.165) is 24.7 Å². The summed E-state index contributed by atoms with van der Waals surface area (Å²) in [5.41, 5.74) is 1.65. The second-order valence-electron chi connectivity index (χ2n) is 6.33. The van der Waals surface area contributed by atoms with Gasteiger partial charge < -0.3 is 14.5 Å². The minimum absolute atomic E-state index is 0.0394. The normalized spacial score (nSPS) is 14.7. The average Bonchev–Trinajstić information content (AvgIpc) is 2.67. The van der Waals surface area contributed by atoms with Crippen molar-refractivity contribution < 1.29 is 14.4 Å². The molecular formula is C20H21ClN3O2+. The molecule has 1 aliphatic heterocycles. The molecule has 0 bridgehead atoms. The van der Waals surface area contributed by atoms with Crippen LogP contribution in [0.2, 0.25) is 5.02 Å². The van der Waals surface area contributed by atoms with Crippen molar-refractivity contribution in [2.24, 2.45) is 0 Å². The fourth-order valence-corrected chi connectivity index (χ4v) is 3.31. The maximum absolute atomic E-state index is 12.4. The summed E-state index contributed by atoms with van der Waals surface area (Å²) in [6.45, 7) is 4.08. The van der Waals surface area contributed by atoms with E-state index in [0.29, 0.717) is 24.4 Å². The summed E-state index contributed by atoms with van der Waals surface area (Å²) in [6, 6.07) is 16.9. The first-order valence-electron chi connectivity index (χ1n) is 8.63. The standard InChI is InChI=1S/C20H20ClN3O2/c21-18-6-3-4-16(12-18)14-23-8-10-24(11-9-23)20(25)15-26-19-7-2-1-5-17(19)13-22/h1-7,12H,8-11,14-15H2/p+1. The number of para-hydroxylation sites is 1. The lowest BCUT2D eigenvalue weighted by atomic mass is 10.2. The molecule has 0 spiro atoms. The maximum atomic E-state index is 12.4. The van der Waals surface area contributed by atoms with Crippen molar-refractivity contribution in [3.8, 4) is 11.8 Å². The Morgan fingerprint density at radius 2 is 1.96 bits per heavy atom. The minimum Gasteiger partial charge on any atom is -0.482 e. The van der Waals surface area contributed by atoms with Crippen LogP contribution in [-0.2, 0) is 11.3 Å². The van der Waals surface area contributed by atoms with E-state index < -0.39 is 0 Å². The van der Waals surface area contributed by atoms with Gasteiger partial charge in [-0.3, -0.25) is 4.79 Å². The zero-order valence-corrected chi connectivity index (χ0v) is 15.2. The number of piperazine rings is 1. The lowest BCUT2D eigenvalue weighted by Gasteiger charge is -2.32. The molecule has 5 nitrogen and oxygen atoms in total. The maximum Gasteiger partial charge on any atom is 0.260 e. The molecule has 3 rings (SSSR count). The zero-order valence-electron chi connectivity index (χ0n) is 14.5. The number of carbonyl (C=O) groups excluding carboxylic acids is 1. The van der Waals surface area contributed by atoms with Gasteiger partial charge in [0.1, 0.15) is 18.4 Å². The van der Waals surface area contributed by atoms with Crippen molar-refractivity contribution in [2.75, 3.05) is 32.8 Å². The van der Waals surface area contributed by atoms with E-state index in [1.165, 1.54) is 10.5 Å². The smallest absolute Gasteiger partial charge is 0.260 e. The van der Waals surface area contributed by atoms with Crippen LogP contribution in [0.4, 0.5) is 0 Å². The number of carbonyl (C=O) groups is 1. The number of hydrogen-bond acceptors (Lipinski definition) is 3. The molecule has 2 aromatic rings. The number of nitrogens with zero attached hydrogens (tertiary/aromatic N) is 2. The molecule has 1 heterocycles. The topological polar surface area (TPSA) is 57.8 Å². The summed E-state index contributed by atoms with van der Waals surface area (Å²) in [5.74, 6) is 0.410. The first kappa shape index (κ1) is 18.2. The van der Waals surface area contributed by atoms with Crippen LogP contribution < -0.4 is 9.64 Å². The predicted molar refractivity (Wildman–Crippen MR) is 99.1 cm³/mol. The molecular weight excluding hydrogens is 350 g/mol. The number of hydrogen-bond donors (Lipinski definition) is 1. The number of ether oxygens (including phenoxy) is 1. The van der Waals surface area contributed by atoms with Gasteiger partial charge in [0.15, 0.2) is 6.61 Å². The van der Waals surface area contributed by atoms with Crippen LogP contribution in [0.3, 0.4) is 0 Å². The first-order valence-corrected chi connectivity index (χ1v) is 9.01. The van der Waals surface area contributed by atoms with Crippen molar-refractivity contribution in [2.45, 2.75) is 6.54 Å². The van der Waals surface area contributed by atoms with Crippen molar-refractivity contribution >= 4 is 17.5 Å². The highest BCUT2D eigenvalue weighted by Gasteiger charge is 2.24. The van der Waals surface area contributed by atoms with Crippen LogP contribution >= 0.6 is 11.6 Å². The van der Waals surface area contributed by atoms with E-state index in [-0.39, 0.29) is 12.5 Å². The van der Waals surface area contributed by atoms with Crippen LogP contribution in [0.25, 0.3) is 0 Å². The Balaban J connectivity index is 1.47. The van der Waals surface area contributed by atoms with E-state index in [9.17, 15) is 4.79 Å². The molecule has 0 saturated carbocycles. The lowest BCUT2D eigenvalue weighted by Crippen LogP contribution is -3.13. The number of quaternary nitrogens is 1. The summed E-state index contributed by atoms with van der Waals surface area (Å²) >= 11 is 6.04. The molecule has 0 aliphatic carbocycles. The summed E-state index contributed by atoms with van der Waals surface area (Å²) in [4.78, 5) is 15.6. The number of nitrogens with one attached hydrogen (secondary N) is 1. The molecule has 0 atom stereocenters. The molecule has 1 N–H and O–H groups in total. The van der Waals surface area contributed by atoms with Crippen molar-refractivity contribution in [1.82, 2.24) is 4.90 Å². The third-order valence-corrected chi connectivity index (χ3v) is 4.76. The molecule has 1 saturated heterocycles. The molecule has 134 valence electrons. The van der Waals surface area contributed by atoms with E-state index in [1.54, 1.807) is 24.3 Å². The summed E-state index contributed by atoms with van der Waals surface area (Å²) in [7, 11) is 0. The van der Waals surface area contributed by atoms with Gasteiger partial charge >= 0.3 is 0 Å². The molecule has 0 aromatic heterocycles. The second-order valence-corrected chi connectivity index (χ2v) is 6.77. The Bertz CT molecular complexity index is 811. The number of nitriles is 1. The van der Waals surface area contributed by atoms with Gasteiger partial charge in [-0.1, -0.05) is 35.9 Å². The average molecular weight is 371 g/mol. The van der Waals surface area contributed by atoms with Gasteiger partial charge in [0.2, 0.25) is 0 Å². The van der Waals surface area contributed by atoms with Crippen molar-refractivity contribution in [3.63, 3.8) is 0 Å². The molecule has 0 radical (unpaired) electrons. The van der Waals surface area contributed by atoms with E-state index in [2.05, 4.69) is 12.1 Å². The van der Waals surface area contributed by atoms with Crippen molar-refractivity contribution in [3.05, 3.63) is 64.7 Å². The molecule has 26 heavy (non-hydrogen) atoms. The van der Waals surface area contributed by atoms with E-state index >= 15 is 0 Å². The van der Waals surface area contributed by atoms with Gasteiger partial charge in [-0.2, -0.15) is 5.26 Å². The van der Waals surface area contributed by atoms with E-state index in [1.807, 2.05) is 23.1 Å². The quantitative estimate of drug-likeness (QED) is 0.868. The Morgan fingerprint density at radius 1 is 1.19 bits per heavy atom. The lowest BCUT2D eigenvalue weighted by molar-refractivity contribution is -0.917. The van der Waals surface area contributed by atoms with Crippen LogP contribution in [0.5, 0.6) is 5.75 Å². The fourth-order valence-electron chi connectivity index (χ4n) is 3.10. The van der Waals surface area contributed by atoms with Gasteiger partial charge in [-0.15, -0.1) is 0 Å². The van der Waals surface area contributed by atoms with Crippen LogP contribution in [0.15, 0.2) is 48.5 Å². The Labute approximate surface area is 158 Å². The predicted octanol–water partition coefficient (Wildman–Crippen LogP) is 1.52. The molecule has 1 fully saturated rings. The number of benzene rings is 2. The highest BCUT2D eigenvalue weighted by molar-refractivity contribution is 6.30. The number of rotatable bonds is 5. The first-order chi connectivity index (χ1) is 12.7. The highest BCUT2D eigenvalue weighted by atomic mass is 35.5. The van der Waals surface area contributed by atoms with Crippen LogP contribution in [0.1, 0.15) is 11.1 Å². The molecule has 1 aliphatic rings. The van der Waals surface area contributed by atoms with Crippen LogP contribution in [0, 0.1) is 11.3 Å². The monoisotopic (exact) mass is 370 g/mol. The van der Waals surface area contributed by atoms with Gasteiger partial charge in [0, 0.05) is 10.6 Å². The zero-order chi connectivity index (χ0) is 18.4. The molecule has 0 unspecified atom stereocenters. The summed E-state index contributed by atoms with van der Waals surface area (Å²) in [5, 5.41) is 9.82. The fraction of sp³-hybridized carbons (Fsp3) is 0.300. The van der Waals surface area contributed by atoms with Crippen molar-refractivity contribution in [1.29, 1.82) is 5.26 Å². The largest absolute Gasteiger partial charge is 0.482 e. The Hall–Kier alpha value is -2.55. The third-order valence-electron chi connectivity index (χ3n) is 4.53. The minimum atomic E-state index is -0.0421. The van der Waals surface area contributed by atoms with Gasteiger partial charge in [-0.25, -0.2) is 0 Å². The molecule has 2 aromatic carbocycles. The number of halogens is 1. The summed E-state index contributed by atoms with van der Waals surface area (Å²) < 4.78 is 5.54. The Kier molecular flexibility index (Phi) is 6.11. The molecule has 6 heteroatoms. The van der Waals surface area contributed by atoms with Gasteiger partial charge in [0.25, 0.3) is 5.91 Å². The van der Waals surface area contributed by atoms with Crippen LogP contribution in [-0.4, -0.2) is 43.6 Å². The van der Waals surface area contributed by atoms with Gasteiger partial charge in [0.05, 0.1) is 31.7 Å². The third kappa shape index (κ3) is 4.75. The highest BCUT2D eigenvalue weighted by Crippen LogP contribution is 2.16. The van der Waals surface area contributed by atoms with Gasteiger partial charge in [-0.05, 0) is 24.3 Å². The second kappa shape index (κ2) is 8.70. The summed E-state index contributed by atoms with van der Waals surface area (Å²) in [6.07, 6.45) is 0. The number of amides is 1. The molecule has 1 amide bonds. The van der Waals surface area contributed by atoms with E-state index in [4.69, 9.17) is 21.6 Å². The Morgan fingerprint density at radius 3 is 2.69 bits per heavy atom.